The topological polar surface area (TPSA) is 0 Å². The van der Waals surface area contributed by atoms with Gasteiger partial charge in [0.05, 0.1) is 0 Å². The second-order valence-electron chi connectivity index (χ2n) is 5.52. The minimum atomic E-state index is 0.545. The van der Waals surface area contributed by atoms with Gasteiger partial charge in [-0.1, -0.05) is 67.7 Å². The predicted molar refractivity (Wildman–Crippen MR) is 66.5 cm³/mol. The Balaban J connectivity index is 4.78. The molecule has 0 radical (unpaired) electrons. The smallest absolute Gasteiger partial charge is 0.0298 e. The molecule has 0 aliphatic heterocycles. The van der Waals surface area contributed by atoms with E-state index in [9.17, 15) is 0 Å². The Kier molecular flexibility index (Phi) is 5.78. The lowest BCUT2D eigenvalue weighted by Crippen LogP contribution is -2.34. The van der Waals surface area contributed by atoms with E-state index in [0.717, 1.165) is 17.8 Å². The highest BCUT2D eigenvalue weighted by molar-refractivity contribution is 4.85. The normalized spacial score (nSPS) is 17.1. The maximum absolute atomic E-state index is 2.48. The average molecular weight is 198 g/mol. The maximum Gasteiger partial charge on any atom is -0.0298 e. The van der Waals surface area contributed by atoms with E-state index in [1.54, 1.807) is 0 Å². The van der Waals surface area contributed by atoms with Gasteiger partial charge in [-0.2, -0.15) is 0 Å². The maximum atomic E-state index is 2.48. The van der Waals surface area contributed by atoms with Gasteiger partial charge in [0.25, 0.3) is 0 Å². The van der Waals surface area contributed by atoms with E-state index >= 15 is 0 Å². The number of rotatable bonds is 6. The highest BCUT2D eigenvalue weighted by Crippen LogP contribution is 2.44. The van der Waals surface area contributed by atoms with Gasteiger partial charge in [-0.3, -0.25) is 0 Å². The minimum Gasteiger partial charge on any atom is -0.0651 e. The third-order valence-corrected chi connectivity index (χ3v) is 4.40. The van der Waals surface area contributed by atoms with E-state index in [-0.39, 0.29) is 0 Å². The Morgan fingerprint density at radius 1 is 0.929 bits per heavy atom. The van der Waals surface area contributed by atoms with E-state index in [1.807, 2.05) is 0 Å². The fraction of sp³-hybridized carbons (Fsp3) is 1.00. The fourth-order valence-corrected chi connectivity index (χ4v) is 3.12. The lowest BCUT2D eigenvalue weighted by Gasteiger charge is -2.42. The van der Waals surface area contributed by atoms with E-state index in [1.165, 1.54) is 19.3 Å². The molecule has 0 bridgehead atoms. The molecular weight excluding hydrogens is 168 g/mol. The van der Waals surface area contributed by atoms with E-state index < -0.39 is 0 Å². The first-order chi connectivity index (χ1) is 6.42. The summed E-state index contributed by atoms with van der Waals surface area (Å²) in [7, 11) is 0. The van der Waals surface area contributed by atoms with Gasteiger partial charge in [-0.25, -0.2) is 0 Å². The highest BCUT2D eigenvalue weighted by Gasteiger charge is 2.35. The third-order valence-electron chi connectivity index (χ3n) is 4.40. The van der Waals surface area contributed by atoms with E-state index in [0.29, 0.717) is 5.41 Å². The van der Waals surface area contributed by atoms with Crippen LogP contribution in [0.4, 0.5) is 0 Å². The first kappa shape index (κ1) is 14.0. The second-order valence-corrected chi connectivity index (χ2v) is 5.52. The van der Waals surface area contributed by atoms with Crippen LogP contribution >= 0.6 is 0 Å². The quantitative estimate of drug-likeness (QED) is 0.555. The summed E-state index contributed by atoms with van der Waals surface area (Å²) in [5.41, 5.74) is 0.545. The van der Waals surface area contributed by atoms with Gasteiger partial charge >= 0.3 is 0 Å². The second kappa shape index (κ2) is 5.78. The van der Waals surface area contributed by atoms with Crippen LogP contribution in [0.1, 0.15) is 67.7 Å². The summed E-state index contributed by atoms with van der Waals surface area (Å²) in [6.07, 6.45) is 3.95. The Morgan fingerprint density at radius 2 is 1.36 bits per heavy atom. The molecule has 0 aromatic heterocycles. The largest absolute Gasteiger partial charge is 0.0651 e. The van der Waals surface area contributed by atoms with Crippen LogP contribution in [0.2, 0.25) is 0 Å². The summed E-state index contributed by atoms with van der Waals surface area (Å²) >= 11 is 0. The fourth-order valence-electron chi connectivity index (χ4n) is 3.12. The Labute approximate surface area is 91.5 Å². The first-order valence-electron chi connectivity index (χ1n) is 6.42. The van der Waals surface area contributed by atoms with Crippen molar-refractivity contribution < 1.29 is 0 Å². The molecule has 0 heteroatoms. The zero-order valence-corrected chi connectivity index (χ0v) is 11.4. The molecule has 2 atom stereocenters. The van der Waals surface area contributed by atoms with Gasteiger partial charge in [0, 0.05) is 0 Å². The standard InChI is InChI=1S/C14H30/c1-8-12(6)13(11(4)5)14(7,9-2)10-3/h11-13H,8-10H2,1-7H3. The molecule has 0 saturated carbocycles. The summed E-state index contributed by atoms with van der Waals surface area (Å²) in [5, 5.41) is 0. The van der Waals surface area contributed by atoms with E-state index in [2.05, 4.69) is 48.5 Å². The molecule has 0 aromatic carbocycles. The Hall–Kier alpha value is 0. The lowest BCUT2D eigenvalue weighted by molar-refractivity contribution is 0.0689. The summed E-state index contributed by atoms with van der Waals surface area (Å²) < 4.78 is 0. The molecule has 0 spiro atoms. The zero-order chi connectivity index (χ0) is 11.4. The molecule has 14 heavy (non-hydrogen) atoms. The Morgan fingerprint density at radius 3 is 1.57 bits per heavy atom. The molecule has 0 fully saturated rings. The van der Waals surface area contributed by atoms with Crippen molar-refractivity contribution in [3.63, 3.8) is 0 Å². The van der Waals surface area contributed by atoms with Gasteiger partial charge in [0.2, 0.25) is 0 Å². The summed E-state index contributed by atoms with van der Waals surface area (Å²) in [6, 6.07) is 0. The van der Waals surface area contributed by atoms with Crippen molar-refractivity contribution in [3.05, 3.63) is 0 Å². The van der Waals surface area contributed by atoms with Gasteiger partial charge in [-0.15, -0.1) is 0 Å². The molecule has 86 valence electrons. The molecule has 0 heterocycles. The highest BCUT2D eigenvalue weighted by atomic mass is 14.4. The molecule has 0 aromatic rings. The van der Waals surface area contributed by atoms with Crippen LogP contribution in [0.25, 0.3) is 0 Å². The summed E-state index contributed by atoms with van der Waals surface area (Å²) in [5.74, 6) is 2.55. The molecule has 0 rings (SSSR count). The van der Waals surface area contributed by atoms with Crippen LogP contribution < -0.4 is 0 Å². The van der Waals surface area contributed by atoms with Crippen molar-refractivity contribution >= 4 is 0 Å². The molecule has 0 nitrogen and oxygen atoms in total. The van der Waals surface area contributed by atoms with Crippen LogP contribution in [0.5, 0.6) is 0 Å². The predicted octanol–water partition coefficient (Wildman–Crippen LogP) is 5.13. The minimum absolute atomic E-state index is 0.545. The van der Waals surface area contributed by atoms with Gasteiger partial charge in [-0.05, 0) is 23.2 Å². The monoisotopic (exact) mass is 198 g/mol. The summed E-state index contributed by atoms with van der Waals surface area (Å²) in [6.45, 7) is 16.7. The number of hydrogen-bond donors (Lipinski definition) is 0. The van der Waals surface area contributed by atoms with Crippen molar-refractivity contribution in [1.29, 1.82) is 0 Å². The summed E-state index contributed by atoms with van der Waals surface area (Å²) in [4.78, 5) is 0. The van der Waals surface area contributed by atoms with Crippen LogP contribution in [0, 0.1) is 23.2 Å². The van der Waals surface area contributed by atoms with Crippen LogP contribution in [-0.4, -0.2) is 0 Å². The van der Waals surface area contributed by atoms with Crippen molar-refractivity contribution in [2.45, 2.75) is 67.7 Å². The zero-order valence-electron chi connectivity index (χ0n) is 11.4. The molecular formula is C14H30. The van der Waals surface area contributed by atoms with Gasteiger partial charge in [0.15, 0.2) is 0 Å². The third kappa shape index (κ3) is 3.00. The lowest BCUT2D eigenvalue weighted by atomic mass is 9.63. The SMILES string of the molecule is CCC(C)C(C(C)C)C(C)(CC)CC. The molecule has 0 aliphatic rings. The molecule has 0 saturated heterocycles. The van der Waals surface area contributed by atoms with Crippen LogP contribution in [-0.2, 0) is 0 Å². The van der Waals surface area contributed by atoms with Crippen molar-refractivity contribution in [1.82, 2.24) is 0 Å². The van der Waals surface area contributed by atoms with Crippen molar-refractivity contribution in [2.24, 2.45) is 23.2 Å². The first-order valence-corrected chi connectivity index (χ1v) is 6.42. The van der Waals surface area contributed by atoms with Gasteiger partial charge in [0.1, 0.15) is 0 Å². The molecule has 0 amide bonds. The van der Waals surface area contributed by atoms with Gasteiger partial charge < -0.3 is 0 Å². The van der Waals surface area contributed by atoms with Crippen molar-refractivity contribution in [2.75, 3.05) is 0 Å². The number of hydrogen-bond acceptors (Lipinski definition) is 0. The molecule has 0 N–H and O–H groups in total. The Bertz CT molecular complexity index is 142. The molecule has 0 aliphatic carbocycles. The van der Waals surface area contributed by atoms with Crippen LogP contribution in [0.15, 0.2) is 0 Å². The average Bonchev–Trinajstić information content (AvgIpc) is 2.16. The van der Waals surface area contributed by atoms with E-state index in [4.69, 9.17) is 0 Å². The molecule has 2 unspecified atom stereocenters. The van der Waals surface area contributed by atoms with Crippen LogP contribution in [0.3, 0.4) is 0 Å². The van der Waals surface area contributed by atoms with Crippen molar-refractivity contribution in [3.8, 4) is 0 Å².